The van der Waals surface area contributed by atoms with Crippen molar-refractivity contribution in [3.63, 3.8) is 0 Å². The van der Waals surface area contributed by atoms with Crippen molar-refractivity contribution in [2.75, 3.05) is 10.6 Å². The van der Waals surface area contributed by atoms with Gasteiger partial charge in [-0.3, -0.25) is 5.32 Å². The first-order valence-corrected chi connectivity index (χ1v) is 8.21. The summed E-state index contributed by atoms with van der Waals surface area (Å²) in [4.78, 5) is 11.9. The molecule has 0 saturated carbocycles. The Labute approximate surface area is 150 Å². The summed E-state index contributed by atoms with van der Waals surface area (Å²) in [6, 6.07) is 10.2. The van der Waals surface area contributed by atoms with Crippen LogP contribution in [0.15, 0.2) is 42.5 Å². The minimum absolute atomic E-state index is 0.0699. The van der Waals surface area contributed by atoms with Crippen LogP contribution in [0.1, 0.15) is 0 Å². The largest absolute Gasteiger partial charge is 0.325 e. The molecule has 0 aliphatic carbocycles. The lowest BCUT2D eigenvalue weighted by molar-refractivity contribution is 0.262. The molecule has 0 aliphatic heterocycles. The molecule has 2 amide bonds. The van der Waals surface area contributed by atoms with Crippen LogP contribution in [0.3, 0.4) is 0 Å². The lowest BCUT2D eigenvalue weighted by Gasteiger charge is -2.05. The van der Waals surface area contributed by atoms with Gasteiger partial charge in [0.15, 0.2) is 5.01 Å². The molecule has 0 radical (unpaired) electrons. The van der Waals surface area contributed by atoms with Gasteiger partial charge in [-0.25, -0.2) is 9.18 Å². The summed E-state index contributed by atoms with van der Waals surface area (Å²) in [5.41, 5.74) is 0.724. The Morgan fingerprint density at radius 1 is 1.08 bits per heavy atom. The average molecular weight is 383 g/mol. The number of anilines is 2. The zero-order valence-electron chi connectivity index (χ0n) is 11.9. The van der Waals surface area contributed by atoms with Crippen LogP contribution in [-0.2, 0) is 0 Å². The number of nitrogens with one attached hydrogen (secondary N) is 2. The van der Waals surface area contributed by atoms with E-state index in [1.165, 1.54) is 18.2 Å². The molecule has 0 atom stereocenters. The van der Waals surface area contributed by atoms with Crippen LogP contribution in [0.4, 0.5) is 20.0 Å². The summed E-state index contributed by atoms with van der Waals surface area (Å²) in [7, 11) is 0. The van der Waals surface area contributed by atoms with Crippen molar-refractivity contribution < 1.29 is 9.18 Å². The van der Waals surface area contributed by atoms with Crippen molar-refractivity contribution >= 4 is 51.4 Å². The monoisotopic (exact) mass is 382 g/mol. The molecule has 0 fully saturated rings. The number of para-hydroxylation sites is 1. The maximum Gasteiger partial charge on any atom is 0.325 e. The minimum Gasteiger partial charge on any atom is -0.305 e. The molecule has 5 nitrogen and oxygen atoms in total. The number of aromatic nitrogens is 2. The van der Waals surface area contributed by atoms with Gasteiger partial charge in [-0.15, -0.1) is 10.2 Å². The molecular formula is C15H9Cl2FN4OS. The Balaban J connectivity index is 1.72. The summed E-state index contributed by atoms with van der Waals surface area (Å²) in [5.74, 6) is -0.529. The van der Waals surface area contributed by atoms with Crippen LogP contribution in [-0.4, -0.2) is 16.2 Å². The third-order valence-corrected chi connectivity index (χ3v) is 4.35. The standard InChI is InChI=1S/C15H9Cl2FN4OS/c16-8-5-6-9(10(17)7-8)13-21-22-15(24-13)20-14(23)19-12-4-2-1-3-11(12)18/h1-7H,(H2,19,20,22,23). The van der Waals surface area contributed by atoms with Crippen LogP contribution in [0.5, 0.6) is 0 Å². The van der Waals surface area contributed by atoms with Crippen molar-refractivity contribution in [1.82, 2.24) is 10.2 Å². The highest BCUT2D eigenvalue weighted by Crippen LogP contribution is 2.33. The molecule has 1 aromatic heterocycles. The Hall–Kier alpha value is -2.22. The van der Waals surface area contributed by atoms with E-state index in [1.807, 2.05) is 0 Å². The maximum absolute atomic E-state index is 13.5. The lowest BCUT2D eigenvalue weighted by Crippen LogP contribution is -2.19. The van der Waals surface area contributed by atoms with Gasteiger partial charge in [0, 0.05) is 10.6 Å². The molecule has 3 rings (SSSR count). The van der Waals surface area contributed by atoms with E-state index < -0.39 is 11.8 Å². The predicted molar refractivity (Wildman–Crippen MR) is 94.4 cm³/mol. The molecule has 0 spiro atoms. The van der Waals surface area contributed by atoms with E-state index in [1.54, 1.807) is 24.3 Å². The van der Waals surface area contributed by atoms with Crippen LogP contribution >= 0.6 is 34.5 Å². The number of hydrogen-bond acceptors (Lipinski definition) is 4. The van der Waals surface area contributed by atoms with Crippen LogP contribution in [0, 0.1) is 5.82 Å². The van der Waals surface area contributed by atoms with Gasteiger partial charge in [0.2, 0.25) is 5.13 Å². The quantitative estimate of drug-likeness (QED) is 0.645. The Bertz CT molecular complexity index is 903. The van der Waals surface area contributed by atoms with Crippen molar-refractivity contribution in [3.05, 3.63) is 58.3 Å². The molecular weight excluding hydrogens is 374 g/mol. The van der Waals surface area contributed by atoms with E-state index in [-0.39, 0.29) is 10.8 Å². The van der Waals surface area contributed by atoms with E-state index in [2.05, 4.69) is 20.8 Å². The third kappa shape index (κ3) is 3.81. The fourth-order valence-electron chi connectivity index (χ4n) is 1.86. The first kappa shape index (κ1) is 16.6. The van der Waals surface area contributed by atoms with Gasteiger partial charge in [-0.2, -0.15) is 0 Å². The minimum atomic E-state index is -0.620. The van der Waals surface area contributed by atoms with E-state index in [4.69, 9.17) is 23.2 Å². The van der Waals surface area contributed by atoms with Crippen molar-refractivity contribution in [3.8, 4) is 10.6 Å². The Kier molecular flexibility index (Phi) is 4.94. The van der Waals surface area contributed by atoms with Crippen LogP contribution in [0.25, 0.3) is 10.6 Å². The Morgan fingerprint density at radius 3 is 2.62 bits per heavy atom. The van der Waals surface area contributed by atoms with Crippen LogP contribution < -0.4 is 10.6 Å². The fourth-order valence-corrected chi connectivity index (χ4v) is 3.19. The zero-order chi connectivity index (χ0) is 17.1. The predicted octanol–water partition coefficient (Wildman–Crippen LogP) is 5.30. The number of halogens is 3. The first-order chi connectivity index (χ1) is 11.5. The summed E-state index contributed by atoms with van der Waals surface area (Å²) in [6.45, 7) is 0. The highest BCUT2D eigenvalue weighted by Gasteiger charge is 2.13. The van der Waals surface area contributed by atoms with Crippen molar-refractivity contribution in [2.24, 2.45) is 0 Å². The number of benzene rings is 2. The number of urea groups is 1. The number of carbonyl (C=O) groups excluding carboxylic acids is 1. The zero-order valence-corrected chi connectivity index (χ0v) is 14.2. The van der Waals surface area contributed by atoms with Gasteiger partial charge >= 0.3 is 6.03 Å². The second-order valence-corrected chi connectivity index (χ2v) is 6.42. The number of amides is 2. The topological polar surface area (TPSA) is 66.9 Å². The number of rotatable bonds is 3. The molecule has 24 heavy (non-hydrogen) atoms. The molecule has 3 aromatic rings. The van der Waals surface area contributed by atoms with Gasteiger partial charge in [-0.1, -0.05) is 46.7 Å². The number of carbonyl (C=O) groups is 1. The SMILES string of the molecule is O=C(Nc1nnc(-c2ccc(Cl)cc2Cl)s1)Nc1ccccc1F. The smallest absolute Gasteiger partial charge is 0.305 e. The molecule has 0 unspecified atom stereocenters. The van der Waals surface area contributed by atoms with E-state index in [0.717, 1.165) is 11.3 Å². The number of nitrogens with zero attached hydrogens (tertiary/aromatic N) is 2. The van der Waals surface area contributed by atoms with E-state index in [9.17, 15) is 9.18 Å². The van der Waals surface area contributed by atoms with Gasteiger partial charge in [0.1, 0.15) is 5.82 Å². The molecule has 0 aliphatic rings. The van der Waals surface area contributed by atoms with Gasteiger partial charge in [-0.05, 0) is 30.3 Å². The third-order valence-electron chi connectivity index (χ3n) is 2.93. The molecule has 2 N–H and O–H groups in total. The molecule has 1 heterocycles. The van der Waals surface area contributed by atoms with Crippen molar-refractivity contribution in [1.29, 1.82) is 0 Å². The second kappa shape index (κ2) is 7.12. The lowest BCUT2D eigenvalue weighted by atomic mass is 10.2. The van der Waals surface area contributed by atoms with Gasteiger partial charge in [0.25, 0.3) is 0 Å². The maximum atomic E-state index is 13.5. The molecule has 122 valence electrons. The van der Waals surface area contributed by atoms with Gasteiger partial charge in [0.05, 0.1) is 10.7 Å². The second-order valence-electron chi connectivity index (χ2n) is 4.60. The van der Waals surface area contributed by atoms with Crippen molar-refractivity contribution in [2.45, 2.75) is 0 Å². The van der Waals surface area contributed by atoms with E-state index >= 15 is 0 Å². The first-order valence-electron chi connectivity index (χ1n) is 6.64. The summed E-state index contributed by atoms with van der Waals surface area (Å²) < 4.78 is 13.5. The summed E-state index contributed by atoms with van der Waals surface area (Å²) in [6.07, 6.45) is 0. The summed E-state index contributed by atoms with van der Waals surface area (Å²) in [5, 5.41) is 14.5. The normalized spacial score (nSPS) is 10.5. The number of hydrogen-bond donors (Lipinski definition) is 2. The van der Waals surface area contributed by atoms with Gasteiger partial charge < -0.3 is 5.32 Å². The highest BCUT2D eigenvalue weighted by molar-refractivity contribution is 7.18. The fraction of sp³-hybridized carbons (Fsp3) is 0. The Morgan fingerprint density at radius 2 is 1.88 bits per heavy atom. The van der Waals surface area contributed by atoms with E-state index in [0.29, 0.717) is 20.6 Å². The molecule has 9 heteroatoms. The molecule has 0 bridgehead atoms. The highest BCUT2D eigenvalue weighted by atomic mass is 35.5. The average Bonchev–Trinajstić information content (AvgIpc) is 2.97. The molecule has 2 aromatic carbocycles. The van der Waals surface area contributed by atoms with Crippen LogP contribution in [0.2, 0.25) is 10.0 Å². The summed E-state index contributed by atoms with van der Waals surface area (Å²) >= 11 is 13.1. The molecule has 0 saturated heterocycles.